The number of carbonyl (C=O) groups is 2. The van der Waals surface area contributed by atoms with Crippen LogP contribution in [0.25, 0.3) is 0 Å². The van der Waals surface area contributed by atoms with E-state index in [1.807, 2.05) is 4.90 Å². The second-order valence-electron chi connectivity index (χ2n) is 9.33. The fourth-order valence-electron chi connectivity index (χ4n) is 3.97. The fraction of sp³-hybridized carbons (Fsp3) is 0.500. The van der Waals surface area contributed by atoms with Crippen LogP contribution in [-0.2, 0) is 22.4 Å². The quantitative estimate of drug-likeness (QED) is 0.114. The van der Waals surface area contributed by atoms with Crippen molar-refractivity contribution in [2.75, 3.05) is 39.3 Å². The molecule has 0 saturated heterocycles. The van der Waals surface area contributed by atoms with Crippen molar-refractivity contribution in [3.05, 3.63) is 47.5 Å². The molecule has 2 aromatic carbocycles. The van der Waals surface area contributed by atoms with Crippen molar-refractivity contribution in [1.82, 2.24) is 15.5 Å². The van der Waals surface area contributed by atoms with Crippen molar-refractivity contribution >= 4 is 11.8 Å². The van der Waals surface area contributed by atoms with Gasteiger partial charge in [0.1, 0.15) is 0 Å². The summed E-state index contributed by atoms with van der Waals surface area (Å²) in [6.07, 6.45) is 4.96. The molecule has 210 valence electrons. The molecule has 0 aliphatic carbocycles. The third kappa shape index (κ3) is 11.7. The molecule has 0 saturated carbocycles. The number of hydrogen-bond donors (Lipinski definition) is 7. The van der Waals surface area contributed by atoms with Crippen LogP contribution in [-0.4, -0.2) is 76.4 Å². The van der Waals surface area contributed by atoms with E-state index in [0.29, 0.717) is 51.9 Å². The van der Waals surface area contributed by atoms with Crippen molar-refractivity contribution in [3.63, 3.8) is 0 Å². The Kier molecular flexibility index (Phi) is 13.8. The molecule has 0 aromatic heterocycles. The first-order chi connectivity index (χ1) is 18.3. The van der Waals surface area contributed by atoms with Gasteiger partial charge in [-0.1, -0.05) is 12.1 Å². The predicted molar refractivity (Wildman–Crippen MR) is 146 cm³/mol. The van der Waals surface area contributed by atoms with E-state index in [4.69, 9.17) is 5.73 Å². The van der Waals surface area contributed by atoms with E-state index in [1.54, 1.807) is 12.1 Å². The van der Waals surface area contributed by atoms with Crippen molar-refractivity contribution < 1.29 is 30.0 Å². The molecule has 8 N–H and O–H groups in total. The molecular weight excluding hydrogens is 488 g/mol. The van der Waals surface area contributed by atoms with Gasteiger partial charge in [0.25, 0.3) is 0 Å². The van der Waals surface area contributed by atoms with Crippen LogP contribution in [0, 0.1) is 0 Å². The Bertz CT molecular complexity index is 1020. The highest BCUT2D eigenvalue weighted by Gasteiger charge is 2.13. The molecule has 0 aliphatic rings. The lowest BCUT2D eigenvalue weighted by atomic mass is 10.1. The summed E-state index contributed by atoms with van der Waals surface area (Å²) < 4.78 is 0. The van der Waals surface area contributed by atoms with Gasteiger partial charge < -0.3 is 41.7 Å². The minimum atomic E-state index is -0.184. The summed E-state index contributed by atoms with van der Waals surface area (Å²) in [5.74, 6) is -0.715. The topological polar surface area (TPSA) is 168 Å². The van der Waals surface area contributed by atoms with Crippen molar-refractivity contribution in [2.24, 2.45) is 5.73 Å². The van der Waals surface area contributed by atoms with Crippen LogP contribution in [0.5, 0.6) is 23.0 Å². The Morgan fingerprint density at radius 1 is 0.711 bits per heavy atom. The summed E-state index contributed by atoms with van der Waals surface area (Å²) >= 11 is 0. The zero-order valence-corrected chi connectivity index (χ0v) is 22.0. The summed E-state index contributed by atoms with van der Waals surface area (Å²) in [6.45, 7) is 3.99. The summed E-state index contributed by atoms with van der Waals surface area (Å²) in [7, 11) is 0. The Balaban J connectivity index is 1.54. The van der Waals surface area contributed by atoms with Gasteiger partial charge in [-0.15, -0.1) is 0 Å². The van der Waals surface area contributed by atoms with E-state index in [-0.39, 0.29) is 34.8 Å². The maximum Gasteiger partial charge on any atom is 0.222 e. The summed E-state index contributed by atoms with van der Waals surface area (Å²) in [5.41, 5.74) is 7.22. The van der Waals surface area contributed by atoms with E-state index in [2.05, 4.69) is 10.6 Å². The Morgan fingerprint density at radius 2 is 1.29 bits per heavy atom. The van der Waals surface area contributed by atoms with E-state index >= 15 is 0 Å². The summed E-state index contributed by atoms with van der Waals surface area (Å²) in [6, 6.07) is 9.17. The molecular formula is C28H42N4O6. The van der Waals surface area contributed by atoms with Crippen LogP contribution < -0.4 is 16.4 Å². The molecule has 0 heterocycles. The molecule has 0 unspecified atom stereocenters. The third-order valence-electron chi connectivity index (χ3n) is 6.22. The minimum Gasteiger partial charge on any atom is -0.504 e. The second-order valence-corrected chi connectivity index (χ2v) is 9.33. The zero-order chi connectivity index (χ0) is 27.8. The predicted octanol–water partition coefficient (Wildman–Crippen LogP) is 2.13. The lowest BCUT2D eigenvalue weighted by molar-refractivity contribution is -0.131. The number of carbonyl (C=O) groups excluding carboxylic acids is 2. The van der Waals surface area contributed by atoms with Gasteiger partial charge in [-0.05, 0) is 93.6 Å². The standard InChI is InChI=1S/C28H42N4O6/c29-13-3-18-32(28(38)12-8-22-6-10-24(34)26(36)20-22)17-2-1-14-30-15-4-16-31-27(37)11-7-21-5-9-23(33)25(35)19-21/h5-6,9-10,19-20,30,33-36H,1-4,7-8,11-18,29H2,(H,31,37). The van der Waals surface area contributed by atoms with Gasteiger partial charge in [0, 0.05) is 32.5 Å². The first-order valence-corrected chi connectivity index (χ1v) is 13.3. The zero-order valence-electron chi connectivity index (χ0n) is 22.0. The number of benzene rings is 2. The smallest absolute Gasteiger partial charge is 0.222 e. The molecule has 0 fully saturated rings. The number of nitrogens with two attached hydrogens (primary N) is 1. The number of amides is 2. The molecule has 2 aromatic rings. The SMILES string of the molecule is NCCCN(CCCCNCCCNC(=O)CCc1ccc(O)c(O)c1)C(=O)CCc1ccc(O)c(O)c1. The Labute approximate surface area is 224 Å². The maximum absolute atomic E-state index is 12.7. The molecule has 0 radical (unpaired) electrons. The number of unbranched alkanes of at least 4 members (excludes halogenated alkanes) is 1. The van der Waals surface area contributed by atoms with Gasteiger partial charge in [-0.2, -0.15) is 0 Å². The van der Waals surface area contributed by atoms with Crippen LogP contribution in [0.2, 0.25) is 0 Å². The first kappa shape index (κ1) is 30.7. The molecule has 10 heteroatoms. The van der Waals surface area contributed by atoms with Gasteiger partial charge in [0.15, 0.2) is 23.0 Å². The molecule has 38 heavy (non-hydrogen) atoms. The average Bonchev–Trinajstić information content (AvgIpc) is 2.90. The normalized spacial score (nSPS) is 10.9. The van der Waals surface area contributed by atoms with Gasteiger partial charge in [-0.25, -0.2) is 0 Å². The van der Waals surface area contributed by atoms with E-state index in [9.17, 15) is 30.0 Å². The molecule has 0 spiro atoms. The van der Waals surface area contributed by atoms with E-state index < -0.39 is 0 Å². The molecule has 0 aliphatic heterocycles. The van der Waals surface area contributed by atoms with Crippen molar-refractivity contribution in [1.29, 1.82) is 0 Å². The number of phenols is 4. The number of rotatable bonds is 18. The van der Waals surface area contributed by atoms with Crippen LogP contribution in [0.1, 0.15) is 49.7 Å². The first-order valence-electron chi connectivity index (χ1n) is 13.3. The highest BCUT2D eigenvalue weighted by Crippen LogP contribution is 2.26. The number of phenolic OH excluding ortho intramolecular Hbond substituents is 4. The number of aromatic hydroxyl groups is 4. The van der Waals surface area contributed by atoms with Crippen molar-refractivity contribution in [2.45, 2.75) is 51.4 Å². The maximum atomic E-state index is 12.7. The molecule has 2 amide bonds. The summed E-state index contributed by atoms with van der Waals surface area (Å²) in [5, 5.41) is 44.1. The second kappa shape index (κ2) is 17.1. The van der Waals surface area contributed by atoms with Crippen LogP contribution in [0.4, 0.5) is 0 Å². The third-order valence-corrected chi connectivity index (χ3v) is 6.22. The number of nitrogens with zero attached hydrogens (tertiary/aromatic N) is 1. The Hall–Kier alpha value is -3.50. The fourth-order valence-corrected chi connectivity index (χ4v) is 3.97. The molecule has 0 atom stereocenters. The Morgan fingerprint density at radius 3 is 1.89 bits per heavy atom. The van der Waals surface area contributed by atoms with Gasteiger partial charge >= 0.3 is 0 Å². The van der Waals surface area contributed by atoms with Gasteiger partial charge in [0.2, 0.25) is 11.8 Å². The molecule has 10 nitrogen and oxygen atoms in total. The van der Waals surface area contributed by atoms with Crippen LogP contribution in [0.15, 0.2) is 36.4 Å². The summed E-state index contributed by atoms with van der Waals surface area (Å²) in [4.78, 5) is 26.6. The average molecular weight is 531 g/mol. The largest absolute Gasteiger partial charge is 0.504 e. The van der Waals surface area contributed by atoms with E-state index in [1.165, 1.54) is 24.3 Å². The highest BCUT2D eigenvalue weighted by molar-refractivity contribution is 5.76. The molecule has 2 rings (SSSR count). The lowest BCUT2D eigenvalue weighted by Crippen LogP contribution is -2.34. The van der Waals surface area contributed by atoms with E-state index in [0.717, 1.165) is 49.9 Å². The number of hydrogen-bond acceptors (Lipinski definition) is 8. The van der Waals surface area contributed by atoms with Crippen molar-refractivity contribution in [3.8, 4) is 23.0 Å². The lowest BCUT2D eigenvalue weighted by Gasteiger charge is -2.23. The molecule has 0 bridgehead atoms. The van der Waals surface area contributed by atoms with Crippen LogP contribution >= 0.6 is 0 Å². The van der Waals surface area contributed by atoms with Crippen LogP contribution in [0.3, 0.4) is 0 Å². The highest BCUT2D eigenvalue weighted by atomic mass is 16.3. The van der Waals surface area contributed by atoms with Gasteiger partial charge in [0.05, 0.1) is 0 Å². The monoisotopic (exact) mass is 530 g/mol. The number of aryl methyl sites for hydroxylation is 2. The minimum absolute atomic E-state index is 0.0527. The number of nitrogens with one attached hydrogen (secondary N) is 2. The van der Waals surface area contributed by atoms with Gasteiger partial charge in [-0.3, -0.25) is 9.59 Å².